The average Bonchev–Trinajstić information content (AvgIpc) is 3.17. The van der Waals surface area contributed by atoms with E-state index in [0.717, 1.165) is 34.8 Å². The summed E-state index contributed by atoms with van der Waals surface area (Å²) in [5.74, 6) is -0.323. The molecule has 0 bridgehead atoms. The van der Waals surface area contributed by atoms with Gasteiger partial charge in [-0.25, -0.2) is 4.79 Å². The minimum atomic E-state index is -0.959. The van der Waals surface area contributed by atoms with Crippen molar-refractivity contribution in [2.75, 3.05) is 13.1 Å². The molecule has 1 amide bonds. The minimum absolute atomic E-state index is 0.00224. The summed E-state index contributed by atoms with van der Waals surface area (Å²) in [4.78, 5) is 25.8. The molecule has 31 heavy (non-hydrogen) atoms. The predicted octanol–water partition coefficient (Wildman–Crippen LogP) is 4.97. The van der Waals surface area contributed by atoms with Crippen LogP contribution in [0.5, 0.6) is 5.75 Å². The maximum absolute atomic E-state index is 13.0. The second kappa shape index (κ2) is 7.80. The highest BCUT2D eigenvalue weighted by Gasteiger charge is 2.25. The number of rotatable bonds is 4. The Morgan fingerprint density at radius 2 is 1.55 bits per heavy atom. The highest BCUT2D eigenvalue weighted by molar-refractivity contribution is 6.07. The van der Waals surface area contributed by atoms with Gasteiger partial charge in [0.25, 0.3) is 5.91 Å². The van der Waals surface area contributed by atoms with Crippen LogP contribution >= 0.6 is 0 Å². The van der Waals surface area contributed by atoms with Gasteiger partial charge in [0.1, 0.15) is 23.0 Å². The van der Waals surface area contributed by atoms with Crippen LogP contribution in [-0.2, 0) is 0 Å². The third kappa shape index (κ3) is 3.72. The Bertz CT molecular complexity index is 1270. The molecule has 1 saturated heterocycles. The van der Waals surface area contributed by atoms with E-state index in [-0.39, 0.29) is 17.6 Å². The van der Waals surface area contributed by atoms with E-state index in [9.17, 15) is 9.59 Å². The van der Waals surface area contributed by atoms with Crippen LogP contribution < -0.4 is 4.74 Å². The average molecular weight is 415 g/mol. The van der Waals surface area contributed by atoms with Crippen LogP contribution in [0.1, 0.15) is 33.6 Å². The van der Waals surface area contributed by atoms with Gasteiger partial charge < -0.3 is 19.2 Å². The van der Waals surface area contributed by atoms with Gasteiger partial charge in [-0.3, -0.25) is 4.79 Å². The van der Waals surface area contributed by atoms with Gasteiger partial charge in [-0.05, 0) is 48.5 Å². The van der Waals surface area contributed by atoms with E-state index in [4.69, 9.17) is 14.3 Å². The van der Waals surface area contributed by atoms with Crippen LogP contribution in [0.15, 0.2) is 71.1 Å². The number of hydrogen-bond acceptors (Lipinski definition) is 4. The van der Waals surface area contributed by atoms with Crippen molar-refractivity contribution in [1.29, 1.82) is 0 Å². The number of piperidine rings is 1. The van der Waals surface area contributed by atoms with Gasteiger partial charge in [0, 0.05) is 42.3 Å². The normalized spacial score (nSPS) is 14.8. The lowest BCUT2D eigenvalue weighted by Crippen LogP contribution is -2.41. The molecule has 0 radical (unpaired) electrons. The fourth-order valence-electron chi connectivity index (χ4n) is 4.09. The van der Waals surface area contributed by atoms with E-state index >= 15 is 0 Å². The molecule has 6 nitrogen and oxygen atoms in total. The number of para-hydroxylation sites is 1. The smallest absolute Gasteiger partial charge is 0.335 e. The standard InChI is InChI=1S/C25H21NO5/c27-24(17-7-10-21-20-3-1-2-4-22(20)31-23(21)15-17)26-13-11-19(12-14-26)30-18-8-5-16(6-9-18)25(28)29/h1-10,15,19H,11-14H2,(H,28,29). The van der Waals surface area contributed by atoms with E-state index < -0.39 is 5.97 Å². The van der Waals surface area contributed by atoms with Gasteiger partial charge in [-0.15, -0.1) is 0 Å². The summed E-state index contributed by atoms with van der Waals surface area (Å²) in [6, 6.07) is 19.9. The van der Waals surface area contributed by atoms with Gasteiger partial charge in [0.15, 0.2) is 0 Å². The fraction of sp³-hybridized carbons (Fsp3) is 0.200. The molecular formula is C25H21NO5. The first kappa shape index (κ1) is 19.2. The van der Waals surface area contributed by atoms with E-state index in [1.54, 1.807) is 12.1 Å². The third-order valence-corrected chi connectivity index (χ3v) is 5.76. The van der Waals surface area contributed by atoms with E-state index in [1.807, 2.05) is 47.4 Å². The molecule has 0 aliphatic carbocycles. The number of furan rings is 1. The van der Waals surface area contributed by atoms with Gasteiger partial charge >= 0.3 is 5.97 Å². The minimum Gasteiger partial charge on any atom is -0.490 e. The van der Waals surface area contributed by atoms with Crippen LogP contribution in [0, 0.1) is 0 Å². The Hall–Kier alpha value is -3.80. The highest BCUT2D eigenvalue weighted by Crippen LogP contribution is 2.29. The first-order chi connectivity index (χ1) is 15.1. The summed E-state index contributed by atoms with van der Waals surface area (Å²) in [6.45, 7) is 1.21. The SMILES string of the molecule is O=C(O)c1ccc(OC2CCN(C(=O)c3ccc4c(c3)oc3ccccc34)CC2)cc1. The van der Waals surface area contributed by atoms with E-state index in [1.165, 1.54) is 12.1 Å². The molecule has 1 aliphatic heterocycles. The largest absolute Gasteiger partial charge is 0.490 e. The molecule has 0 atom stereocenters. The lowest BCUT2D eigenvalue weighted by Gasteiger charge is -2.32. The summed E-state index contributed by atoms with van der Waals surface area (Å²) >= 11 is 0. The van der Waals surface area contributed by atoms with Gasteiger partial charge in [0.05, 0.1) is 5.56 Å². The lowest BCUT2D eigenvalue weighted by molar-refractivity contribution is 0.0595. The summed E-state index contributed by atoms with van der Waals surface area (Å²) in [6.07, 6.45) is 1.44. The first-order valence-electron chi connectivity index (χ1n) is 10.3. The summed E-state index contributed by atoms with van der Waals surface area (Å²) in [5, 5.41) is 11.0. The molecule has 1 aliphatic rings. The zero-order valence-corrected chi connectivity index (χ0v) is 16.8. The first-order valence-corrected chi connectivity index (χ1v) is 10.3. The molecule has 1 fully saturated rings. The quantitative estimate of drug-likeness (QED) is 0.509. The number of benzene rings is 3. The number of aromatic carboxylic acids is 1. The van der Waals surface area contributed by atoms with Crippen LogP contribution in [0.2, 0.25) is 0 Å². The molecule has 0 unspecified atom stereocenters. The Morgan fingerprint density at radius 3 is 2.29 bits per heavy atom. The fourth-order valence-corrected chi connectivity index (χ4v) is 4.09. The zero-order chi connectivity index (χ0) is 21.4. The molecule has 6 heteroatoms. The zero-order valence-electron chi connectivity index (χ0n) is 16.8. The second-order valence-electron chi connectivity index (χ2n) is 7.75. The topological polar surface area (TPSA) is 80.0 Å². The van der Waals surface area contributed by atoms with Crippen LogP contribution in [0.3, 0.4) is 0 Å². The molecular weight excluding hydrogens is 394 g/mol. The van der Waals surface area contributed by atoms with Gasteiger partial charge in [-0.1, -0.05) is 18.2 Å². The maximum atomic E-state index is 13.0. The van der Waals surface area contributed by atoms with Gasteiger partial charge in [-0.2, -0.15) is 0 Å². The number of carbonyl (C=O) groups excluding carboxylic acids is 1. The van der Waals surface area contributed by atoms with Crippen LogP contribution in [0.25, 0.3) is 21.9 Å². The van der Waals surface area contributed by atoms with Crippen molar-refractivity contribution in [3.05, 3.63) is 77.9 Å². The van der Waals surface area contributed by atoms with Crippen molar-refractivity contribution in [2.45, 2.75) is 18.9 Å². The monoisotopic (exact) mass is 415 g/mol. The summed E-state index contributed by atoms with van der Waals surface area (Å²) in [5.41, 5.74) is 2.39. The number of carboxylic acids is 1. The number of carboxylic acid groups (broad SMARTS) is 1. The molecule has 0 saturated carbocycles. The molecule has 2 heterocycles. The van der Waals surface area contributed by atoms with Crippen molar-refractivity contribution in [3.63, 3.8) is 0 Å². The Balaban J connectivity index is 1.24. The Labute approximate surface area is 178 Å². The molecule has 156 valence electrons. The van der Waals surface area contributed by atoms with Crippen LogP contribution in [0.4, 0.5) is 0 Å². The van der Waals surface area contributed by atoms with Gasteiger partial charge in [0.2, 0.25) is 0 Å². The number of nitrogens with zero attached hydrogens (tertiary/aromatic N) is 1. The van der Waals surface area contributed by atoms with E-state index in [2.05, 4.69) is 0 Å². The van der Waals surface area contributed by atoms with Crippen molar-refractivity contribution in [1.82, 2.24) is 4.90 Å². The van der Waals surface area contributed by atoms with Crippen molar-refractivity contribution in [3.8, 4) is 5.75 Å². The molecule has 0 spiro atoms. The summed E-state index contributed by atoms with van der Waals surface area (Å²) in [7, 11) is 0. The number of likely N-dealkylation sites (tertiary alicyclic amines) is 1. The van der Waals surface area contributed by atoms with Crippen molar-refractivity contribution in [2.24, 2.45) is 0 Å². The molecule has 5 rings (SSSR count). The third-order valence-electron chi connectivity index (χ3n) is 5.76. The molecule has 1 N–H and O–H groups in total. The maximum Gasteiger partial charge on any atom is 0.335 e. The lowest BCUT2D eigenvalue weighted by atomic mass is 10.0. The Kier molecular flexibility index (Phi) is 4.82. The number of ether oxygens (including phenoxy) is 1. The predicted molar refractivity (Wildman–Crippen MR) is 117 cm³/mol. The van der Waals surface area contributed by atoms with Crippen LogP contribution in [-0.4, -0.2) is 41.1 Å². The number of fused-ring (bicyclic) bond motifs is 3. The number of amides is 1. The van der Waals surface area contributed by atoms with E-state index in [0.29, 0.717) is 24.4 Å². The molecule has 4 aromatic rings. The highest BCUT2D eigenvalue weighted by atomic mass is 16.5. The second-order valence-corrected chi connectivity index (χ2v) is 7.75. The Morgan fingerprint density at radius 1 is 0.871 bits per heavy atom. The summed E-state index contributed by atoms with van der Waals surface area (Å²) < 4.78 is 11.9. The number of carbonyl (C=O) groups is 2. The van der Waals surface area contributed by atoms with Crippen molar-refractivity contribution >= 4 is 33.8 Å². The number of hydrogen-bond donors (Lipinski definition) is 1. The molecule has 3 aromatic carbocycles. The molecule has 1 aromatic heterocycles. The van der Waals surface area contributed by atoms with Crippen molar-refractivity contribution < 1.29 is 23.8 Å².